The van der Waals surface area contributed by atoms with E-state index < -0.39 is 0 Å². The van der Waals surface area contributed by atoms with E-state index in [2.05, 4.69) is 24.1 Å². The highest BCUT2D eigenvalue weighted by Crippen LogP contribution is 2.26. The van der Waals surface area contributed by atoms with Gasteiger partial charge in [-0.05, 0) is 36.8 Å². The second-order valence-corrected chi connectivity index (χ2v) is 6.43. The van der Waals surface area contributed by atoms with Crippen molar-refractivity contribution in [2.24, 2.45) is 0 Å². The highest BCUT2D eigenvalue weighted by Gasteiger charge is 2.24. The molecule has 2 aromatic carbocycles. The van der Waals surface area contributed by atoms with Crippen molar-refractivity contribution < 1.29 is 9.21 Å². The number of carbonyl (C=O) groups is 1. The van der Waals surface area contributed by atoms with Crippen molar-refractivity contribution in [3.63, 3.8) is 0 Å². The Morgan fingerprint density at radius 2 is 1.92 bits per heavy atom. The summed E-state index contributed by atoms with van der Waals surface area (Å²) < 4.78 is 5.79. The second-order valence-electron chi connectivity index (χ2n) is 6.43. The van der Waals surface area contributed by atoms with Crippen LogP contribution in [0.5, 0.6) is 0 Å². The maximum Gasteiger partial charge on any atom is 0.289 e. The molecule has 122 valence electrons. The maximum absolute atomic E-state index is 12.9. The van der Waals surface area contributed by atoms with Gasteiger partial charge >= 0.3 is 0 Å². The van der Waals surface area contributed by atoms with Crippen LogP contribution >= 0.6 is 0 Å². The molecule has 4 heteroatoms. The second kappa shape index (κ2) is 5.71. The van der Waals surface area contributed by atoms with Gasteiger partial charge < -0.3 is 14.2 Å². The van der Waals surface area contributed by atoms with Gasteiger partial charge in [0.25, 0.3) is 5.91 Å². The van der Waals surface area contributed by atoms with Gasteiger partial charge in [0.15, 0.2) is 5.76 Å². The fourth-order valence-electron chi connectivity index (χ4n) is 3.29. The zero-order valence-corrected chi connectivity index (χ0v) is 14.0. The van der Waals surface area contributed by atoms with Crippen molar-refractivity contribution in [3.8, 4) is 0 Å². The van der Waals surface area contributed by atoms with Gasteiger partial charge in [-0.3, -0.25) is 4.79 Å². The first kappa shape index (κ1) is 14.8. The minimum absolute atomic E-state index is 0.0473. The number of hydrogen-bond acceptors (Lipinski definition) is 3. The molecule has 0 bridgehead atoms. The summed E-state index contributed by atoms with van der Waals surface area (Å²) in [5.74, 6) is 0.367. The molecule has 0 N–H and O–H groups in total. The van der Waals surface area contributed by atoms with Gasteiger partial charge in [-0.1, -0.05) is 29.8 Å². The van der Waals surface area contributed by atoms with Gasteiger partial charge in [-0.2, -0.15) is 0 Å². The van der Waals surface area contributed by atoms with Gasteiger partial charge in [0.2, 0.25) is 0 Å². The van der Waals surface area contributed by atoms with E-state index in [1.165, 1.54) is 5.69 Å². The molecule has 0 fully saturated rings. The molecule has 1 aromatic heterocycles. The zero-order valence-electron chi connectivity index (χ0n) is 14.0. The van der Waals surface area contributed by atoms with Crippen LogP contribution in [0.1, 0.15) is 21.7 Å². The van der Waals surface area contributed by atoms with Crippen LogP contribution in [0.15, 0.2) is 52.9 Å². The average Bonchev–Trinajstić information content (AvgIpc) is 2.93. The first-order valence-corrected chi connectivity index (χ1v) is 8.20. The number of anilines is 1. The molecule has 0 atom stereocenters. The monoisotopic (exact) mass is 320 g/mol. The van der Waals surface area contributed by atoms with Crippen LogP contribution < -0.4 is 4.90 Å². The Bertz CT molecular complexity index is 913. The number of benzene rings is 2. The van der Waals surface area contributed by atoms with Crippen molar-refractivity contribution in [1.29, 1.82) is 0 Å². The number of rotatable bonds is 1. The van der Waals surface area contributed by atoms with Gasteiger partial charge in [0, 0.05) is 37.8 Å². The Labute approximate surface area is 141 Å². The number of hydrogen-bond donors (Lipinski definition) is 0. The maximum atomic E-state index is 12.9. The smallest absolute Gasteiger partial charge is 0.289 e. The van der Waals surface area contributed by atoms with E-state index in [1.807, 2.05) is 48.2 Å². The summed E-state index contributed by atoms with van der Waals surface area (Å²) in [6.07, 6.45) is 0. The van der Waals surface area contributed by atoms with Gasteiger partial charge in [0.1, 0.15) is 5.58 Å². The highest BCUT2D eigenvalue weighted by molar-refractivity contribution is 5.96. The van der Waals surface area contributed by atoms with E-state index in [-0.39, 0.29) is 5.91 Å². The molecule has 24 heavy (non-hydrogen) atoms. The molecule has 1 aliphatic rings. The number of furan rings is 1. The molecule has 1 aliphatic heterocycles. The largest absolute Gasteiger partial charge is 0.451 e. The summed E-state index contributed by atoms with van der Waals surface area (Å²) >= 11 is 0. The number of nitrogens with zero attached hydrogens (tertiary/aromatic N) is 2. The summed E-state index contributed by atoms with van der Waals surface area (Å²) in [5.41, 5.74) is 4.27. The van der Waals surface area contributed by atoms with E-state index in [9.17, 15) is 4.79 Å². The molecule has 3 aromatic rings. The molecule has 0 spiro atoms. The number of fused-ring (bicyclic) bond motifs is 2. The molecule has 4 rings (SSSR count). The fourth-order valence-corrected chi connectivity index (χ4v) is 3.29. The lowest BCUT2D eigenvalue weighted by Gasteiger charge is -2.19. The van der Waals surface area contributed by atoms with Crippen LogP contribution in [0.2, 0.25) is 0 Å². The summed E-state index contributed by atoms with van der Waals surface area (Å²) in [6.45, 7) is 4.13. The van der Waals surface area contributed by atoms with Crippen molar-refractivity contribution in [2.45, 2.75) is 13.5 Å². The van der Waals surface area contributed by atoms with E-state index in [0.717, 1.165) is 28.6 Å². The van der Waals surface area contributed by atoms with Gasteiger partial charge in [-0.25, -0.2) is 0 Å². The van der Waals surface area contributed by atoms with Crippen molar-refractivity contribution in [2.75, 3.05) is 25.0 Å². The van der Waals surface area contributed by atoms with Crippen LogP contribution in [0, 0.1) is 6.92 Å². The predicted octanol–water partition coefficient (Wildman–Crippen LogP) is 3.83. The fraction of sp³-hybridized carbons (Fsp3) is 0.250. The Balaban J connectivity index is 1.66. The summed E-state index contributed by atoms with van der Waals surface area (Å²) in [4.78, 5) is 17.0. The lowest BCUT2D eigenvalue weighted by Crippen LogP contribution is -2.34. The summed E-state index contributed by atoms with van der Waals surface area (Å²) in [5, 5.41) is 0.977. The summed E-state index contributed by atoms with van der Waals surface area (Å²) in [6, 6.07) is 16.1. The molecule has 0 saturated heterocycles. The van der Waals surface area contributed by atoms with Crippen molar-refractivity contribution in [3.05, 3.63) is 65.4 Å². The zero-order chi connectivity index (χ0) is 16.7. The van der Waals surface area contributed by atoms with Crippen LogP contribution in [-0.2, 0) is 6.54 Å². The first-order valence-electron chi connectivity index (χ1n) is 8.20. The third-order valence-electron chi connectivity index (χ3n) is 4.64. The predicted molar refractivity (Wildman–Crippen MR) is 95.4 cm³/mol. The van der Waals surface area contributed by atoms with E-state index >= 15 is 0 Å². The minimum atomic E-state index is -0.0473. The van der Waals surface area contributed by atoms with Gasteiger partial charge in [-0.15, -0.1) is 0 Å². The lowest BCUT2D eigenvalue weighted by molar-refractivity contribution is 0.0722. The third-order valence-corrected chi connectivity index (χ3v) is 4.64. The number of carbonyl (C=O) groups excluding carboxylic acids is 1. The van der Waals surface area contributed by atoms with Crippen LogP contribution in [0.4, 0.5) is 5.69 Å². The standard InChI is InChI=1S/C20H20N2O2/c1-14-7-8-18-16(11-14)12-19(24-18)20(23)22-10-9-21(2)17-6-4-3-5-15(17)13-22/h3-8,11-12H,9-10,13H2,1-2H3. The number of likely N-dealkylation sites (N-methyl/N-ethyl adjacent to an activating group) is 1. The molecule has 0 unspecified atom stereocenters. The molecule has 1 amide bonds. The molecule has 4 nitrogen and oxygen atoms in total. The Morgan fingerprint density at radius 3 is 2.79 bits per heavy atom. The quantitative estimate of drug-likeness (QED) is 0.684. The Morgan fingerprint density at radius 1 is 1.08 bits per heavy atom. The molecule has 0 radical (unpaired) electrons. The van der Waals surface area contributed by atoms with Crippen molar-refractivity contribution in [1.82, 2.24) is 4.90 Å². The molecular weight excluding hydrogens is 300 g/mol. The minimum Gasteiger partial charge on any atom is -0.451 e. The average molecular weight is 320 g/mol. The lowest BCUT2D eigenvalue weighted by atomic mass is 10.1. The molecule has 2 heterocycles. The Kier molecular flexibility index (Phi) is 3.53. The SMILES string of the molecule is Cc1ccc2oc(C(=O)N3CCN(C)c4ccccc4C3)cc2c1. The molecule has 0 aliphatic carbocycles. The van der Waals surface area contributed by atoms with Crippen LogP contribution in [-0.4, -0.2) is 30.9 Å². The van der Waals surface area contributed by atoms with E-state index in [4.69, 9.17) is 4.42 Å². The summed E-state index contributed by atoms with van der Waals surface area (Å²) in [7, 11) is 2.07. The van der Waals surface area contributed by atoms with Gasteiger partial charge in [0.05, 0.1) is 0 Å². The number of para-hydroxylation sites is 1. The van der Waals surface area contributed by atoms with Crippen molar-refractivity contribution >= 4 is 22.6 Å². The molecule has 0 saturated carbocycles. The van der Waals surface area contributed by atoms with Crippen LogP contribution in [0.3, 0.4) is 0 Å². The number of amides is 1. The number of aryl methyl sites for hydroxylation is 1. The van der Waals surface area contributed by atoms with E-state index in [0.29, 0.717) is 18.8 Å². The highest BCUT2D eigenvalue weighted by atomic mass is 16.3. The van der Waals surface area contributed by atoms with E-state index in [1.54, 1.807) is 0 Å². The third kappa shape index (κ3) is 2.54. The molecular formula is C20H20N2O2. The van der Waals surface area contributed by atoms with Crippen LogP contribution in [0.25, 0.3) is 11.0 Å². The Hall–Kier alpha value is -2.75. The topological polar surface area (TPSA) is 36.7 Å². The first-order chi connectivity index (χ1) is 11.6. The normalized spacial score (nSPS) is 14.6.